The van der Waals surface area contributed by atoms with Crippen molar-refractivity contribution in [3.05, 3.63) is 69.9 Å². The number of likely N-dealkylation sites (tertiary alicyclic amines) is 1. The summed E-state index contributed by atoms with van der Waals surface area (Å²) in [7, 11) is 0. The molecule has 0 radical (unpaired) electrons. The van der Waals surface area contributed by atoms with Crippen molar-refractivity contribution in [2.75, 3.05) is 19.7 Å². The van der Waals surface area contributed by atoms with E-state index in [0.29, 0.717) is 16.1 Å². The Balaban J connectivity index is 1.23. The minimum absolute atomic E-state index is 0.0991. The molecule has 2 aliphatic rings. The van der Waals surface area contributed by atoms with Crippen molar-refractivity contribution in [1.82, 2.24) is 9.88 Å². The van der Waals surface area contributed by atoms with Crippen LogP contribution in [0.25, 0.3) is 10.4 Å². The highest BCUT2D eigenvalue weighted by Crippen LogP contribution is 2.39. The van der Waals surface area contributed by atoms with Gasteiger partial charge in [0.25, 0.3) is 5.91 Å². The van der Waals surface area contributed by atoms with Crippen LogP contribution in [0.2, 0.25) is 0 Å². The van der Waals surface area contributed by atoms with Crippen LogP contribution >= 0.6 is 11.3 Å². The lowest BCUT2D eigenvalue weighted by molar-refractivity contribution is 0.0479. The molecule has 1 aliphatic carbocycles. The first-order chi connectivity index (χ1) is 15.1. The van der Waals surface area contributed by atoms with Gasteiger partial charge in [-0.05, 0) is 54.5 Å². The molecule has 0 unspecified atom stereocenters. The number of ether oxygens (including phenoxy) is 1. The number of nitrogens with zero attached hydrogens (tertiary/aromatic N) is 1. The number of esters is 1. The molecule has 1 saturated heterocycles. The number of rotatable bonds is 5. The molecule has 0 saturated carbocycles. The van der Waals surface area contributed by atoms with Crippen LogP contribution in [0.4, 0.5) is 0 Å². The first-order valence-electron chi connectivity index (χ1n) is 10.5. The smallest absolute Gasteiger partial charge is 0.348 e. The van der Waals surface area contributed by atoms with E-state index in [1.54, 1.807) is 4.90 Å². The summed E-state index contributed by atoms with van der Waals surface area (Å²) in [6.45, 7) is 1.13. The van der Waals surface area contributed by atoms with Crippen molar-refractivity contribution in [3.8, 4) is 10.4 Å². The van der Waals surface area contributed by atoms with Gasteiger partial charge in [0.15, 0.2) is 6.61 Å². The summed E-state index contributed by atoms with van der Waals surface area (Å²) < 4.78 is 5.29. The number of Topliss-reactive ketones (excluding diaryl/α,β-unsaturated/α-hetero) is 1. The highest BCUT2D eigenvalue weighted by molar-refractivity contribution is 7.17. The molecule has 1 N–H and O–H groups in total. The van der Waals surface area contributed by atoms with E-state index in [0.717, 1.165) is 49.2 Å². The maximum atomic E-state index is 12.6. The summed E-state index contributed by atoms with van der Waals surface area (Å²) in [5.74, 6) is -0.927. The van der Waals surface area contributed by atoms with Crippen LogP contribution in [0, 0.1) is 0 Å². The Labute approximate surface area is 183 Å². The molecule has 6 nitrogen and oxygen atoms in total. The van der Waals surface area contributed by atoms with Crippen LogP contribution in [0.1, 0.15) is 54.5 Å². The Morgan fingerprint density at radius 2 is 1.81 bits per heavy atom. The lowest BCUT2D eigenvalue weighted by Crippen LogP contribution is -2.27. The normalized spacial score (nSPS) is 14.8. The van der Waals surface area contributed by atoms with E-state index in [1.165, 1.54) is 34.7 Å². The third-order valence-electron chi connectivity index (χ3n) is 5.90. The number of amides is 1. The van der Waals surface area contributed by atoms with Gasteiger partial charge in [-0.1, -0.05) is 24.3 Å². The zero-order valence-electron chi connectivity index (χ0n) is 17.0. The molecule has 0 atom stereocenters. The number of ketones is 1. The minimum atomic E-state index is -0.492. The van der Waals surface area contributed by atoms with Gasteiger partial charge in [0.05, 0.1) is 0 Å². The van der Waals surface area contributed by atoms with E-state index < -0.39 is 5.97 Å². The predicted octanol–water partition coefficient (Wildman–Crippen LogP) is 4.12. The number of carbonyl (C=O) groups excluding carboxylic acids is 3. The lowest BCUT2D eigenvalue weighted by atomic mass is 9.91. The quantitative estimate of drug-likeness (QED) is 0.484. The highest BCUT2D eigenvalue weighted by Gasteiger charge is 2.24. The van der Waals surface area contributed by atoms with Crippen LogP contribution in [-0.2, 0) is 17.6 Å². The second kappa shape index (κ2) is 8.15. The summed E-state index contributed by atoms with van der Waals surface area (Å²) >= 11 is 1.41. The molecule has 7 heteroatoms. The SMILES string of the molecule is O=C(COC(=O)c1cc2c(s1)-c1ccccc1CC2)c1c[nH]c(C(=O)N2CCCC2)c1. The average molecular weight is 435 g/mol. The first kappa shape index (κ1) is 19.8. The molecule has 1 amide bonds. The third kappa shape index (κ3) is 3.81. The van der Waals surface area contributed by atoms with Gasteiger partial charge in [-0.25, -0.2) is 4.79 Å². The molecule has 31 heavy (non-hydrogen) atoms. The van der Waals surface area contributed by atoms with Crippen LogP contribution in [0.5, 0.6) is 0 Å². The van der Waals surface area contributed by atoms with Gasteiger partial charge in [-0.2, -0.15) is 0 Å². The highest BCUT2D eigenvalue weighted by atomic mass is 32.1. The van der Waals surface area contributed by atoms with Crippen LogP contribution < -0.4 is 0 Å². The number of fused-ring (bicyclic) bond motifs is 3. The summed E-state index contributed by atoms with van der Waals surface area (Å²) in [5.41, 5.74) is 4.35. The average Bonchev–Trinajstić information content (AvgIpc) is 3.56. The van der Waals surface area contributed by atoms with E-state index in [4.69, 9.17) is 4.74 Å². The standard InChI is InChI=1S/C24H22N2O4S/c27-20(17-11-19(25-13-17)23(28)26-9-3-4-10-26)14-30-24(29)21-12-16-8-7-15-5-1-2-6-18(15)22(16)31-21/h1-2,5-6,11-13,25H,3-4,7-10,14H2. The number of thiophene rings is 1. The summed E-state index contributed by atoms with van der Waals surface area (Å²) in [5, 5.41) is 0. The lowest BCUT2D eigenvalue weighted by Gasteiger charge is -2.15. The van der Waals surface area contributed by atoms with Gasteiger partial charge >= 0.3 is 5.97 Å². The number of nitrogens with one attached hydrogen (secondary N) is 1. The Morgan fingerprint density at radius 1 is 1.03 bits per heavy atom. The minimum Gasteiger partial charge on any atom is -0.453 e. The van der Waals surface area contributed by atoms with Gasteiger partial charge in [0.2, 0.25) is 5.78 Å². The van der Waals surface area contributed by atoms with Crippen LogP contribution in [-0.4, -0.2) is 47.2 Å². The maximum Gasteiger partial charge on any atom is 0.348 e. The van der Waals surface area contributed by atoms with Crippen molar-refractivity contribution in [3.63, 3.8) is 0 Å². The zero-order chi connectivity index (χ0) is 21.4. The van der Waals surface area contributed by atoms with Crippen LogP contribution in [0.3, 0.4) is 0 Å². The number of aromatic nitrogens is 1. The number of H-pyrrole nitrogens is 1. The Kier molecular flexibility index (Phi) is 5.19. The van der Waals surface area contributed by atoms with Gasteiger partial charge in [0, 0.05) is 29.7 Å². The van der Waals surface area contributed by atoms with E-state index in [1.807, 2.05) is 18.2 Å². The second-order valence-corrected chi connectivity index (χ2v) is 8.98. The van der Waals surface area contributed by atoms with Crippen molar-refractivity contribution in [1.29, 1.82) is 0 Å². The molecule has 1 fully saturated rings. The Morgan fingerprint density at radius 3 is 2.65 bits per heavy atom. The molecule has 158 valence electrons. The van der Waals surface area contributed by atoms with Crippen molar-refractivity contribution in [2.24, 2.45) is 0 Å². The van der Waals surface area contributed by atoms with Crippen LogP contribution in [0.15, 0.2) is 42.6 Å². The Hall–Kier alpha value is -3.19. The first-order valence-corrected chi connectivity index (χ1v) is 11.3. The largest absolute Gasteiger partial charge is 0.453 e. The number of hydrogen-bond acceptors (Lipinski definition) is 5. The molecule has 3 heterocycles. The van der Waals surface area contributed by atoms with Crippen molar-refractivity contribution in [2.45, 2.75) is 25.7 Å². The second-order valence-electron chi connectivity index (χ2n) is 7.92. The maximum absolute atomic E-state index is 12.6. The van der Waals surface area contributed by atoms with Crippen molar-refractivity contribution < 1.29 is 19.1 Å². The fourth-order valence-corrected chi connectivity index (χ4v) is 5.39. The monoisotopic (exact) mass is 434 g/mol. The topological polar surface area (TPSA) is 79.5 Å². The summed E-state index contributed by atoms with van der Waals surface area (Å²) in [6, 6.07) is 11.7. The number of carbonyl (C=O) groups is 3. The van der Waals surface area contributed by atoms with Gasteiger partial charge < -0.3 is 14.6 Å². The molecule has 1 aromatic carbocycles. The zero-order valence-corrected chi connectivity index (χ0v) is 17.8. The molecular formula is C24H22N2O4S. The van der Waals surface area contributed by atoms with E-state index in [-0.39, 0.29) is 18.3 Å². The van der Waals surface area contributed by atoms with Gasteiger partial charge in [-0.3, -0.25) is 9.59 Å². The van der Waals surface area contributed by atoms with Gasteiger partial charge in [-0.15, -0.1) is 11.3 Å². The molecule has 0 bridgehead atoms. The molecule has 1 aliphatic heterocycles. The van der Waals surface area contributed by atoms with E-state index in [2.05, 4.69) is 17.1 Å². The number of hydrogen-bond donors (Lipinski definition) is 1. The fourth-order valence-electron chi connectivity index (χ4n) is 4.23. The predicted molar refractivity (Wildman–Crippen MR) is 118 cm³/mol. The van der Waals surface area contributed by atoms with E-state index >= 15 is 0 Å². The third-order valence-corrected chi connectivity index (χ3v) is 7.09. The van der Waals surface area contributed by atoms with Crippen molar-refractivity contribution >= 4 is 29.0 Å². The molecular weight excluding hydrogens is 412 g/mol. The number of aromatic amines is 1. The molecule has 0 spiro atoms. The summed E-state index contributed by atoms with van der Waals surface area (Å²) in [6.07, 6.45) is 5.36. The molecule has 5 rings (SSSR count). The molecule has 2 aromatic heterocycles. The number of benzene rings is 1. The van der Waals surface area contributed by atoms with Gasteiger partial charge in [0.1, 0.15) is 10.6 Å². The van der Waals surface area contributed by atoms with E-state index in [9.17, 15) is 14.4 Å². The fraction of sp³-hybridized carbons (Fsp3) is 0.292. The Bertz CT molecular complexity index is 1170. The molecule has 3 aromatic rings. The summed E-state index contributed by atoms with van der Waals surface area (Å²) in [4.78, 5) is 43.7. The number of aryl methyl sites for hydroxylation is 2.